The number of nitrogens with zero attached hydrogens (tertiary/aromatic N) is 1. The molecule has 3 rings (SSSR count). The molecule has 162 valence electrons. The molecule has 0 radical (unpaired) electrons. The molecular weight excluding hydrogens is 379 g/mol. The quantitative estimate of drug-likeness (QED) is 0.692. The number of carbonyl (C=O) groups excluding carboxylic acids is 1. The highest BCUT2D eigenvalue weighted by Gasteiger charge is 2.35. The van der Waals surface area contributed by atoms with E-state index >= 15 is 0 Å². The predicted octanol–water partition coefficient (Wildman–Crippen LogP) is 4.53. The lowest BCUT2D eigenvalue weighted by atomic mass is 9.74. The van der Waals surface area contributed by atoms with E-state index in [1.54, 1.807) is 0 Å². The first-order valence-corrected chi connectivity index (χ1v) is 10.9. The van der Waals surface area contributed by atoms with Crippen LogP contribution in [0.3, 0.4) is 0 Å². The first-order valence-electron chi connectivity index (χ1n) is 10.9. The molecule has 0 bridgehead atoms. The molecule has 2 aromatic rings. The molecule has 1 N–H and O–H groups in total. The summed E-state index contributed by atoms with van der Waals surface area (Å²) < 4.78 is 18.9. The second-order valence-corrected chi connectivity index (χ2v) is 8.44. The lowest BCUT2D eigenvalue weighted by molar-refractivity contribution is 0.0487. The van der Waals surface area contributed by atoms with E-state index in [1.807, 2.05) is 36.4 Å². The molecule has 1 heterocycles. The zero-order valence-corrected chi connectivity index (χ0v) is 18.3. The van der Waals surface area contributed by atoms with E-state index in [0.717, 1.165) is 31.5 Å². The van der Waals surface area contributed by atoms with E-state index < -0.39 is 0 Å². The Morgan fingerprint density at radius 3 is 2.30 bits per heavy atom. The molecule has 0 spiro atoms. The molecule has 0 aromatic heterocycles. The van der Waals surface area contributed by atoms with Gasteiger partial charge in [-0.25, -0.2) is 4.39 Å². The first-order chi connectivity index (χ1) is 14.4. The molecule has 5 heteroatoms. The summed E-state index contributed by atoms with van der Waals surface area (Å²) in [5.74, 6) is -0.324. The van der Waals surface area contributed by atoms with Crippen LogP contribution >= 0.6 is 0 Å². The Morgan fingerprint density at radius 1 is 1.10 bits per heavy atom. The minimum absolute atomic E-state index is 0.0780. The van der Waals surface area contributed by atoms with Crippen LogP contribution in [0.2, 0.25) is 0 Å². The van der Waals surface area contributed by atoms with Crippen molar-refractivity contribution >= 4 is 5.91 Å². The van der Waals surface area contributed by atoms with Crippen LogP contribution in [0.4, 0.5) is 4.39 Å². The summed E-state index contributed by atoms with van der Waals surface area (Å²) in [4.78, 5) is 15.2. The van der Waals surface area contributed by atoms with Gasteiger partial charge in [0.2, 0.25) is 0 Å². The number of halogens is 1. The average molecular weight is 413 g/mol. The number of hydrogen-bond acceptors (Lipinski definition) is 3. The largest absolute Gasteiger partial charge is 0.381 e. The van der Waals surface area contributed by atoms with E-state index in [1.165, 1.54) is 17.7 Å². The van der Waals surface area contributed by atoms with Crippen LogP contribution in [0.25, 0.3) is 0 Å². The highest BCUT2D eigenvalue weighted by Crippen LogP contribution is 2.34. The number of carbonyl (C=O) groups is 1. The Kier molecular flexibility index (Phi) is 7.62. The molecular formula is C25H33FN2O2. The second-order valence-electron chi connectivity index (χ2n) is 8.44. The lowest BCUT2D eigenvalue weighted by Gasteiger charge is -2.38. The molecule has 0 aliphatic carbocycles. The van der Waals surface area contributed by atoms with Crippen LogP contribution in [0.1, 0.15) is 55.1 Å². The van der Waals surface area contributed by atoms with Crippen LogP contribution in [-0.2, 0) is 16.7 Å². The Hall–Kier alpha value is -2.24. The summed E-state index contributed by atoms with van der Waals surface area (Å²) in [6, 6.07) is 15.0. The van der Waals surface area contributed by atoms with Crippen LogP contribution in [-0.4, -0.2) is 43.2 Å². The van der Waals surface area contributed by atoms with Gasteiger partial charge in [0, 0.05) is 43.3 Å². The average Bonchev–Trinajstić information content (AvgIpc) is 2.77. The fourth-order valence-corrected chi connectivity index (χ4v) is 4.14. The van der Waals surface area contributed by atoms with Gasteiger partial charge in [0.15, 0.2) is 0 Å². The van der Waals surface area contributed by atoms with E-state index in [0.29, 0.717) is 31.4 Å². The van der Waals surface area contributed by atoms with Crippen molar-refractivity contribution in [3.8, 4) is 0 Å². The summed E-state index contributed by atoms with van der Waals surface area (Å²) in [5.41, 5.74) is 2.69. The van der Waals surface area contributed by atoms with Crippen LogP contribution < -0.4 is 5.32 Å². The van der Waals surface area contributed by atoms with Gasteiger partial charge in [-0.15, -0.1) is 0 Å². The number of ether oxygens (including phenoxy) is 1. The summed E-state index contributed by atoms with van der Waals surface area (Å²) in [6.45, 7) is 10.2. The van der Waals surface area contributed by atoms with Crippen molar-refractivity contribution in [3.05, 3.63) is 71.0 Å². The van der Waals surface area contributed by atoms with Crippen molar-refractivity contribution in [3.63, 3.8) is 0 Å². The molecule has 2 aromatic carbocycles. The van der Waals surface area contributed by atoms with Gasteiger partial charge in [0.1, 0.15) is 5.82 Å². The zero-order valence-electron chi connectivity index (χ0n) is 18.3. The monoisotopic (exact) mass is 412 g/mol. The maximum Gasteiger partial charge on any atom is 0.251 e. The molecule has 0 saturated carbocycles. The highest BCUT2D eigenvalue weighted by molar-refractivity contribution is 5.94. The van der Waals surface area contributed by atoms with E-state index in [4.69, 9.17) is 4.74 Å². The van der Waals surface area contributed by atoms with Crippen molar-refractivity contribution in [1.29, 1.82) is 0 Å². The van der Waals surface area contributed by atoms with Crippen molar-refractivity contribution in [2.24, 2.45) is 0 Å². The highest BCUT2D eigenvalue weighted by atomic mass is 19.1. The molecule has 30 heavy (non-hydrogen) atoms. The third-order valence-corrected chi connectivity index (χ3v) is 6.23. The molecule has 1 aliphatic heterocycles. The van der Waals surface area contributed by atoms with Crippen molar-refractivity contribution in [1.82, 2.24) is 10.2 Å². The number of rotatable bonds is 8. The Labute approximate surface area is 179 Å². The first kappa shape index (κ1) is 22.4. The minimum Gasteiger partial charge on any atom is -0.381 e. The maximum absolute atomic E-state index is 13.4. The van der Waals surface area contributed by atoms with Gasteiger partial charge in [-0.1, -0.05) is 31.2 Å². The van der Waals surface area contributed by atoms with Crippen molar-refractivity contribution in [2.45, 2.75) is 51.6 Å². The predicted molar refractivity (Wildman–Crippen MR) is 118 cm³/mol. The molecule has 1 fully saturated rings. The number of hydrogen-bond donors (Lipinski definition) is 1. The van der Waals surface area contributed by atoms with Gasteiger partial charge in [-0.05, 0) is 68.6 Å². The van der Waals surface area contributed by atoms with Crippen LogP contribution in [0, 0.1) is 5.82 Å². The minimum atomic E-state index is -0.246. The summed E-state index contributed by atoms with van der Waals surface area (Å²) in [7, 11) is 0. The summed E-state index contributed by atoms with van der Waals surface area (Å²) in [6.07, 6.45) is 1.61. The number of nitrogens with one attached hydrogen (secondary N) is 1. The van der Waals surface area contributed by atoms with Crippen LogP contribution in [0.15, 0.2) is 48.5 Å². The second kappa shape index (κ2) is 10.2. The van der Waals surface area contributed by atoms with Crippen molar-refractivity contribution < 1.29 is 13.9 Å². The van der Waals surface area contributed by atoms with E-state index in [9.17, 15) is 9.18 Å². The molecule has 0 atom stereocenters. The fraction of sp³-hybridized carbons (Fsp3) is 0.480. The molecule has 1 saturated heterocycles. The lowest BCUT2D eigenvalue weighted by Crippen LogP contribution is -2.44. The van der Waals surface area contributed by atoms with Gasteiger partial charge >= 0.3 is 0 Å². The topological polar surface area (TPSA) is 41.6 Å². The van der Waals surface area contributed by atoms with Gasteiger partial charge in [0.25, 0.3) is 5.91 Å². The molecule has 1 amide bonds. The zero-order chi connectivity index (χ0) is 21.6. The number of amides is 1. The van der Waals surface area contributed by atoms with Crippen LogP contribution in [0.5, 0.6) is 0 Å². The third kappa shape index (κ3) is 5.46. The Morgan fingerprint density at radius 2 is 1.73 bits per heavy atom. The van der Waals surface area contributed by atoms with Crippen molar-refractivity contribution in [2.75, 3.05) is 26.3 Å². The molecule has 4 nitrogen and oxygen atoms in total. The summed E-state index contributed by atoms with van der Waals surface area (Å²) >= 11 is 0. The van der Waals surface area contributed by atoms with Gasteiger partial charge in [-0.2, -0.15) is 0 Å². The molecule has 0 unspecified atom stereocenters. The Bertz CT molecular complexity index is 812. The standard InChI is InChI=1S/C25H33FN2O2/c1-4-28(19(2)3)17-20-5-7-21(8-6-20)24(29)27-18-25(13-15-30-16-14-25)22-9-11-23(26)12-10-22/h5-12,19H,4,13-18H2,1-3H3,(H,27,29). The normalized spacial score (nSPS) is 16.1. The van der Waals surface area contributed by atoms with E-state index in [-0.39, 0.29) is 17.1 Å². The van der Waals surface area contributed by atoms with Gasteiger partial charge in [-0.3, -0.25) is 9.69 Å². The van der Waals surface area contributed by atoms with Gasteiger partial charge in [0.05, 0.1) is 0 Å². The maximum atomic E-state index is 13.4. The molecule has 1 aliphatic rings. The van der Waals surface area contributed by atoms with Gasteiger partial charge < -0.3 is 10.1 Å². The Balaban J connectivity index is 1.66. The summed E-state index contributed by atoms with van der Waals surface area (Å²) in [5, 5.41) is 3.11. The SMILES string of the molecule is CCN(Cc1ccc(C(=O)NCC2(c3ccc(F)cc3)CCOCC2)cc1)C(C)C. The third-order valence-electron chi connectivity index (χ3n) is 6.23. The van der Waals surface area contributed by atoms with E-state index in [2.05, 4.69) is 31.0 Å². The fourth-order valence-electron chi connectivity index (χ4n) is 4.14. The smallest absolute Gasteiger partial charge is 0.251 e. The number of benzene rings is 2.